The largest absolute Gasteiger partial charge is 0.477 e. The van der Waals surface area contributed by atoms with Crippen molar-refractivity contribution in [2.24, 2.45) is 0 Å². The summed E-state index contributed by atoms with van der Waals surface area (Å²) in [5, 5.41) is 9.32. The number of hydrogen-bond acceptors (Lipinski definition) is 2. The number of thiophene rings is 1. The Labute approximate surface area is 114 Å². The Bertz CT molecular complexity index is 740. The molecule has 4 heteroatoms. The van der Waals surface area contributed by atoms with E-state index >= 15 is 0 Å². The van der Waals surface area contributed by atoms with Gasteiger partial charge in [0.05, 0.1) is 10.2 Å². The van der Waals surface area contributed by atoms with Crippen LogP contribution in [-0.2, 0) is 6.54 Å². The van der Waals surface area contributed by atoms with E-state index in [4.69, 9.17) is 0 Å². The predicted molar refractivity (Wildman–Crippen MR) is 77.1 cm³/mol. The third-order valence-electron chi connectivity index (χ3n) is 3.12. The maximum Gasteiger partial charge on any atom is 0.352 e. The Kier molecular flexibility index (Phi) is 2.87. The summed E-state index contributed by atoms with van der Waals surface area (Å²) in [6.07, 6.45) is 0. The summed E-state index contributed by atoms with van der Waals surface area (Å²) < 4.78 is 2.90. The molecule has 19 heavy (non-hydrogen) atoms. The van der Waals surface area contributed by atoms with Gasteiger partial charge >= 0.3 is 5.97 Å². The van der Waals surface area contributed by atoms with Gasteiger partial charge in [-0.25, -0.2) is 4.79 Å². The molecular formula is C15H13NO2S. The summed E-state index contributed by atoms with van der Waals surface area (Å²) in [6, 6.07) is 13.7. The molecule has 0 aliphatic heterocycles. The van der Waals surface area contributed by atoms with Gasteiger partial charge in [0.2, 0.25) is 0 Å². The second-order valence-corrected chi connectivity index (χ2v) is 5.80. The van der Waals surface area contributed by atoms with Gasteiger partial charge in [-0.05, 0) is 24.6 Å². The first-order chi connectivity index (χ1) is 9.15. The SMILES string of the molecule is Cc1cc2c(cc(C(=O)O)n2Cc2ccccc2)s1. The molecule has 0 bridgehead atoms. The Balaban J connectivity index is 2.14. The molecule has 0 aliphatic rings. The molecule has 0 unspecified atom stereocenters. The van der Waals surface area contributed by atoms with Crippen molar-refractivity contribution in [1.29, 1.82) is 0 Å². The molecule has 2 aromatic heterocycles. The highest BCUT2D eigenvalue weighted by Crippen LogP contribution is 2.29. The molecule has 3 nitrogen and oxygen atoms in total. The number of carbonyl (C=O) groups is 1. The summed E-state index contributed by atoms with van der Waals surface area (Å²) in [7, 11) is 0. The van der Waals surface area contributed by atoms with Gasteiger partial charge in [-0.1, -0.05) is 30.3 Å². The van der Waals surface area contributed by atoms with Crippen molar-refractivity contribution in [2.75, 3.05) is 0 Å². The maximum absolute atomic E-state index is 11.3. The fraction of sp³-hybridized carbons (Fsp3) is 0.133. The number of hydrogen-bond donors (Lipinski definition) is 1. The van der Waals surface area contributed by atoms with E-state index in [-0.39, 0.29) is 0 Å². The van der Waals surface area contributed by atoms with Crippen LogP contribution in [0.25, 0.3) is 10.2 Å². The molecule has 2 heterocycles. The second-order valence-electron chi connectivity index (χ2n) is 4.51. The molecule has 0 fully saturated rings. The number of aromatic carboxylic acids is 1. The lowest BCUT2D eigenvalue weighted by Crippen LogP contribution is -2.09. The number of benzene rings is 1. The molecule has 0 aliphatic carbocycles. The van der Waals surface area contributed by atoms with Crippen LogP contribution < -0.4 is 0 Å². The first-order valence-corrected chi connectivity index (χ1v) is 6.83. The van der Waals surface area contributed by atoms with Crippen molar-refractivity contribution in [3.63, 3.8) is 0 Å². The molecule has 0 amide bonds. The van der Waals surface area contributed by atoms with Crippen molar-refractivity contribution in [1.82, 2.24) is 4.57 Å². The molecule has 1 aromatic carbocycles. The quantitative estimate of drug-likeness (QED) is 0.788. The van der Waals surface area contributed by atoms with Crippen molar-refractivity contribution in [3.8, 4) is 0 Å². The van der Waals surface area contributed by atoms with Gasteiger partial charge in [0.25, 0.3) is 0 Å². The molecule has 96 valence electrons. The lowest BCUT2D eigenvalue weighted by atomic mass is 10.2. The van der Waals surface area contributed by atoms with Crippen molar-refractivity contribution < 1.29 is 9.90 Å². The molecule has 3 rings (SSSR count). The summed E-state index contributed by atoms with van der Waals surface area (Å²) in [5.41, 5.74) is 2.46. The highest BCUT2D eigenvalue weighted by atomic mass is 32.1. The minimum absolute atomic E-state index is 0.352. The van der Waals surface area contributed by atoms with Crippen LogP contribution in [0.1, 0.15) is 20.9 Å². The van der Waals surface area contributed by atoms with Gasteiger partial charge in [-0.2, -0.15) is 0 Å². The van der Waals surface area contributed by atoms with E-state index in [0.29, 0.717) is 12.2 Å². The third-order valence-corrected chi connectivity index (χ3v) is 4.10. The van der Waals surface area contributed by atoms with E-state index in [1.165, 1.54) is 4.88 Å². The van der Waals surface area contributed by atoms with Gasteiger partial charge in [0.1, 0.15) is 5.69 Å². The Hall–Kier alpha value is -2.07. The lowest BCUT2D eigenvalue weighted by molar-refractivity contribution is 0.0686. The number of carboxylic acids is 1. The molecule has 1 N–H and O–H groups in total. The second kappa shape index (κ2) is 4.55. The first-order valence-electron chi connectivity index (χ1n) is 6.02. The molecule has 0 atom stereocenters. The number of carboxylic acid groups (broad SMARTS) is 1. The predicted octanol–water partition coefficient (Wildman–Crippen LogP) is 3.76. The Morgan fingerprint density at radius 2 is 2.00 bits per heavy atom. The van der Waals surface area contributed by atoms with E-state index in [9.17, 15) is 9.90 Å². The van der Waals surface area contributed by atoms with Crippen LogP contribution >= 0.6 is 11.3 Å². The van der Waals surface area contributed by atoms with Gasteiger partial charge < -0.3 is 9.67 Å². The highest BCUT2D eigenvalue weighted by Gasteiger charge is 2.16. The van der Waals surface area contributed by atoms with E-state index in [1.54, 1.807) is 17.4 Å². The zero-order valence-electron chi connectivity index (χ0n) is 10.5. The van der Waals surface area contributed by atoms with Crippen LogP contribution in [0.4, 0.5) is 0 Å². The topological polar surface area (TPSA) is 42.2 Å². The molecule has 3 aromatic rings. The number of aromatic nitrogens is 1. The van der Waals surface area contributed by atoms with Crippen LogP contribution in [0.2, 0.25) is 0 Å². The van der Waals surface area contributed by atoms with Crippen LogP contribution in [0.5, 0.6) is 0 Å². The molecule has 0 saturated carbocycles. The average molecular weight is 271 g/mol. The Morgan fingerprint density at radius 3 is 2.68 bits per heavy atom. The van der Waals surface area contributed by atoms with Gasteiger partial charge in [0.15, 0.2) is 0 Å². The van der Waals surface area contributed by atoms with Crippen molar-refractivity contribution in [3.05, 3.63) is 58.6 Å². The fourth-order valence-electron chi connectivity index (χ4n) is 2.28. The zero-order valence-corrected chi connectivity index (χ0v) is 11.3. The van der Waals surface area contributed by atoms with E-state index in [0.717, 1.165) is 15.8 Å². The first kappa shape index (κ1) is 12.0. The van der Waals surface area contributed by atoms with Crippen molar-refractivity contribution in [2.45, 2.75) is 13.5 Å². The lowest BCUT2D eigenvalue weighted by Gasteiger charge is -2.07. The number of aryl methyl sites for hydroxylation is 1. The molecule has 0 spiro atoms. The van der Waals surface area contributed by atoms with E-state index in [2.05, 4.69) is 6.07 Å². The van der Waals surface area contributed by atoms with E-state index in [1.807, 2.05) is 41.8 Å². The standard InChI is InChI=1S/C15H13NO2S/c1-10-7-12-14(19-10)8-13(15(17)18)16(12)9-11-5-3-2-4-6-11/h2-8H,9H2,1H3,(H,17,18). The minimum atomic E-state index is -0.878. The maximum atomic E-state index is 11.3. The molecule has 0 saturated heterocycles. The van der Waals surface area contributed by atoms with E-state index < -0.39 is 5.97 Å². The minimum Gasteiger partial charge on any atom is -0.477 e. The number of nitrogens with zero attached hydrogens (tertiary/aromatic N) is 1. The monoisotopic (exact) mass is 271 g/mol. The molecule has 0 radical (unpaired) electrons. The normalized spacial score (nSPS) is 11.0. The number of rotatable bonds is 3. The van der Waals surface area contributed by atoms with Gasteiger partial charge in [-0.3, -0.25) is 0 Å². The summed E-state index contributed by atoms with van der Waals surface area (Å²) in [6.45, 7) is 2.63. The Morgan fingerprint density at radius 1 is 1.26 bits per heavy atom. The van der Waals surface area contributed by atoms with Gasteiger partial charge in [0, 0.05) is 11.4 Å². The smallest absolute Gasteiger partial charge is 0.352 e. The van der Waals surface area contributed by atoms with Crippen LogP contribution in [0.15, 0.2) is 42.5 Å². The summed E-state index contributed by atoms with van der Waals surface area (Å²) >= 11 is 1.63. The number of fused-ring (bicyclic) bond motifs is 1. The van der Waals surface area contributed by atoms with Gasteiger partial charge in [-0.15, -0.1) is 11.3 Å². The van der Waals surface area contributed by atoms with Crippen LogP contribution in [0, 0.1) is 6.92 Å². The van der Waals surface area contributed by atoms with Crippen molar-refractivity contribution >= 4 is 27.5 Å². The van der Waals surface area contributed by atoms with Crippen LogP contribution in [-0.4, -0.2) is 15.6 Å². The summed E-state index contributed by atoms with van der Waals surface area (Å²) in [4.78, 5) is 12.5. The fourth-order valence-corrected chi connectivity index (χ4v) is 3.24. The summed E-state index contributed by atoms with van der Waals surface area (Å²) in [5.74, 6) is -0.878. The zero-order chi connectivity index (χ0) is 13.4. The highest BCUT2D eigenvalue weighted by molar-refractivity contribution is 7.19. The molecular weight excluding hydrogens is 258 g/mol. The third kappa shape index (κ3) is 2.15. The van der Waals surface area contributed by atoms with Crippen LogP contribution in [0.3, 0.4) is 0 Å². The average Bonchev–Trinajstić information content (AvgIpc) is 2.89.